The second-order valence-corrected chi connectivity index (χ2v) is 4.93. The Labute approximate surface area is 127 Å². The van der Waals surface area contributed by atoms with Gasteiger partial charge in [0.25, 0.3) is 0 Å². The molecular formula is C13H23Cl2N3O. The van der Waals surface area contributed by atoms with E-state index in [1.807, 2.05) is 43.3 Å². The molecular weight excluding hydrogens is 285 g/mol. The number of nitrogens with two attached hydrogens (primary N) is 1. The molecule has 0 fully saturated rings. The van der Waals surface area contributed by atoms with Gasteiger partial charge in [-0.3, -0.25) is 4.79 Å². The molecule has 0 radical (unpaired) electrons. The number of benzene rings is 1. The minimum absolute atomic E-state index is 0. The van der Waals surface area contributed by atoms with Crippen LogP contribution in [0, 0.1) is 0 Å². The number of halogens is 2. The van der Waals surface area contributed by atoms with Gasteiger partial charge in [0, 0.05) is 26.3 Å². The highest BCUT2D eigenvalue weighted by Crippen LogP contribution is 2.17. The van der Waals surface area contributed by atoms with Crippen LogP contribution < -0.4 is 16.0 Å². The fourth-order valence-electron chi connectivity index (χ4n) is 1.50. The third-order valence-corrected chi connectivity index (χ3v) is 2.50. The molecule has 0 aliphatic carbocycles. The van der Waals surface area contributed by atoms with Gasteiger partial charge < -0.3 is 16.0 Å². The summed E-state index contributed by atoms with van der Waals surface area (Å²) in [5.41, 5.74) is 7.06. The summed E-state index contributed by atoms with van der Waals surface area (Å²) in [7, 11) is 3.96. The molecule has 1 rings (SSSR count). The molecule has 0 unspecified atom stereocenters. The fourth-order valence-corrected chi connectivity index (χ4v) is 1.50. The highest BCUT2D eigenvalue weighted by Gasteiger charge is 2.21. The summed E-state index contributed by atoms with van der Waals surface area (Å²) in [5.74, 6) is -0.147. The van der Waals surface area contributed by atoms with Crippen LogP contribution >= 0.6 is 24.8 Å². The normalized spacial score (nSPS) is 9.95. The van der Waals surface area contributed by atoms with E-state index >= 15 is 0 Å². The number of amides is 1. The van der Waals surface area contributed by atoms with Gasteiger partial charge in [0.1, 0.15) is 0 Å². The summed E-state index contributed by atoms with van der Waals surface area (Å²) in [6.07, 6.45) is 0. The Morgan fingerprint density at radius 1 is 1.26 bits per heavy atom. The second kappa shape index (κ2) is 8.25. The maximum Gasteiger partial charge on any atom is 0.239 e. The molecule has 0 saturated heterocycles. The summed E-state index contributed by atoms with van der Waals surface area (Å²) < 4.78 is 0. The summed E-state index contributed by atoms with van der Waals surface area (Å²) in [5, 5.41) is 2.84. The molecule has 110 valence electrons. The molecule has 0 aromatic heterocycles. The first-order chi connectivity index (χ1) is 7.82. The van der Waals surface area contributed by atoms with E-state index in [-0.39, 0.29) is 30.7 Å². The van der Waals surface area contributed by atoms with E-state index < -0.39 is 5.54 Å². The Bertz CT molecular complexity index is 403. The maximum atomic E-state index is 11.7. The molecule has 19 heavy (non-hydrogen) atoms. The van der Waals surface area contributed by atoms with Gasteiger partial charge in [-0.25, -0.2) is 0 Å². The quantitative estimate of drug-likeness (QED) is 0.894. The van der Waals surface area contributed by atoms with Crippen molar-refractivity contribution in [2.24, 2.45) is 5.73 Å². The molecule has 1 amide bonds. The predicted octanol–water partition coefficient (Wildman–Crippen LogP) is 1.95. The monoisotopic (exact) mass is 307 g/mol. The molecule has 0 atom stereocenters. The third kappa shape index (κ3) is 6.14. The standard InChI is InChI=1S/C13H21N3O.2ClH/c1-13(2,14)12(17)15-9-10-7-5-6-8-11(10)16(3)4;;/h5-8H,9,14H2,1-4H3,(H,15,17);2*1H. The molecule has 1 aromatic rings. The number of nitrogens with one attached hydrogen (secondary N) is 1. The summed E-state index contributed by atoms with van der Waals surface area (Å²) in [6, 6.07) is 7.96. The van der Waals surface area contributed by atoms with Crippen molar-refractivity contribution in [3.8, 4) is 0 Å². The lowest BCUT2D eigenvalue weighted by Crippen LogP contribution is -2.48. The van der Waals surface area contributed by atoms with E-state index in [1.165, 1.54) is 0 Å². The van der Waals surface area contributed by atoms with Crippen molar-refractivity contribution < 1.29 is 4.79 Å². The Kier molecular flexibility index (Phi) is 8.84. The van der Waals surface area contributed by atoms with Crippen LogP contribution in [0.1, 0.15) is 19.4 Å². The van der Waals surface area contributed by atoms with Crippen LogP contribution in [0.4, 0.5) is 5.69 Å². The van der Waals surface area contributed by atoms with Crippen molar-refractivity contribution in [2.45, 2.75) is 25.9 Å². The van der Waals surface area contributed by atoms with Gasteiger partial charge in [0.15, 0.2) is 0 Å². The van der Waals surface area contributed by atoms with Crippen molar-refractivity contribution in [2.75, 3.05) is 19.0 Å². The molecule has 6 heteroatoms. The average molecular weight is 308 g/mol. The third-order valence-electron chi connectivity index (χ3n) is 2.50. The van der Waals surface area contributed by atoms with Crippen molar-refractivity contribution >= 4 is 36.4 Å². The Hall–Kier alpha value is -0.970. The number of hydrogen-bond acceptors (Lipinski definition) is 3. The molecule has 0 aliphatic rings. The van der Waals surface area contributed by atoms with Gasteiger partial charge in [-0.1, -0.05) is 18.2 Å². The summed E-state index contributed by atoms with van der Waals surface area (Å²) >= 11 is 0. The number of nitrogens with zero attached hydrogens (tertiary/aromatic N) is 1. The number of carbonyl (C=O) groups is 1. The average Bonchev–Trinajstić information content (AvgIpc) is 2.24. The Morgan fingerprint density at radius 3 is 2.26 bits per heavy atom. The van der Waals surface area contributed by atoms with Crippen LogP contribution in [-0.2, 0) is 11.3 Å². The van der Waals surface area contributed by atoms with Crippen molar-refractivity contribution in [3.63, 3.8) is 0 Å². The zero-order chi connectivity index (χ0) is 13.1. The second-order valence-electron chi connectivity index (χ2n) is 4.93. The van der Waals surface area contributed by atoms with Gasteiger partial charge >= 0.3 is 0 Å². The number of hydrogen-bond donors (Lipinski definition) is 2. The predicted molar refractivity (Wildman–Crippen MR) is 85.4 cm³/mol. The van der Waals surface area contributed by atoms with Gasteiger partial charge in [0.05, 0.1) is 5.54 Å². The lowest BCUT2D eigenvalue weighted by atomic mass is 10.1. The van der Waals surface area contributed by atoms with E-state index in [0.717, 1.165) is 11.3 Å². The van der Waals surface area contributed by atoms with Crippen molar-refractivity contribution in [1.29, 1.82) is 0 Å². The molecule has 0 aliphatic heterocycles. The highest BCUT2D eigenvalue weighted by molar-refractivity contribution is 5.86. The lowest BCUT2D eigenvalue weighted by Gasteiger charge is -2.20. The maximum absolute atomic E-state index is 11.7. The van der Waals surface area contributed by atoms with Crippen molar-refractivity contribution in [3.05, 3.63) is 29.8 Å². The van der Waals surface area contributed by atoms with Gasteiger partial charge in [-0.15, -0.1) is 24.8 Å². The zero-order valence-corrected chi connectivity index (χ0v) is 13.4. The van der Waals surface area contributed by atoms with Crippen LogP contribution in [-0.4, -0.2) is 25.5 Å². The minimum atomic E-state index is -0.840. The number of anilines is 1. The van der Waals surface area contributed by atoms with E-state index in [2.05, 4.69) is 5.32 Å². The SMILES string of the molecule is CN(C)c1ccccc1CNC(=O)C(C)(C)N.Cl.Cl. The minimum Gasteiger partial charge on any atom is -0.377 e. The molecule has 0 heterocycles. The first-order valence-corrected chi connectivity index (χ1v) is 5.65. The molecule has 0 spiro atoms. The fraction of sp³-hybridized carbons (Fsp3) is 0.462. The van der Waals surface area contributed by atoms with Gasteiger partial charge in [0.2, 0.25) is 5.91 Å². The summed E-state index contributed by atoms with van der Waals surface area (Å²) in [4.78, 5) is 13.7. The first kappa shape index (κ1) is 20.3. The smallest absolute Gasteiger partial charge is 0.239 e. The van der Waals surface area contributed by atoms with Crippen LogP contribution in [0.25, 0.3) is 0 Å². The van der Waals surface area contributed by atoms with E-state index in [4.69, 9.17) is 5.73 Å². The number of rotatable bonds is 4. The van der Waals surface area contributed by atoms with Gasteiger partial charge in [-0.2, -0.15) is 0 Å². The molecule has 1 aromatic carbocycles. The van der Waals surface area contributed by atoms with Crippen molar-refractivity contribution in [1.82, 2.24) is 5.32 Å². The van der Waals surface area contributed by atoms with Crippen LogP contribution in [0.5, 0.6) is 0 Å². The molecule has 3 N–H and O–H groups in total. The molecule has 0 saturated carbocycles. The van der Waals surface area contributed by atoms with E-state index in [9.17, 15) is 4.79 Å². The molecule has 4 nitrogen and oxygen atoms in total. The number of carbonyl (C=O) groups excluding carboxylic acids is 1. The lowest BCUT2D eigenvalue weighted by molar-refractivity contribution is -0.125. The van der Waals surface area contributed by atoms with E-state index in [0.29, 0.717) is 6.54 Å². The van der Waals surface area contributed by atoms with Gasteiger partial charge in [-0.05, 0) is 25.5 Å². The highest BCUT2D eigenvalue weighted by atomic mass is 35.5. The van der Waals surface area contributed by atoms with Crippen LogP contribution in [0.3, 0.4) is 0 Å². The topological polar surface area (TPSA) is 58.4 Å². The van der Waals surface area contributed by atoms with Crippen LogP contribution in [0.2, 0.25) is 0 Å². The number of para-hydroxylation sites is 1. The largest absolute Gasteiger partial charge is 0.377 e. The summed E-state index contributed by atoms with van der Waals surface area (Å²) in [6.45, 7) is 3.88. The van der Waals surface area contributed by atoms with Crippen LogP contribution in [0.15, 0.2) is 24.3 Å². The zero-order valence-electron chi connectivity index (χ0n) is 11.8. The van der Waals surface area contributed by atoms with E-state index in [1.54, 1.807) is 13.8 Å². The first-order valence-electron chi connectivity index (χ1n) is 5.65. The Balaban J connectivity index is 0. The molecule has 0 bridgehead atoms. The Morgan fingerprint density at radius 2 is 1.79 bits per heavy atom.